The number of hydrogen-bond acceptors (Lipinski definition) is 2. The van der Waals surface area contributed by atoms with Crippen molar-refractivity contribution < 1.29 is 5.11 Å². The maximum atomic E-state index is 12.0. The molecule has 1 heterocycles. The maximum Gasteiger partial charge on any atom is 0.255 e. The Kier molecular flexibility index (Phi) is 5.22. The molecule has 0 aliphatic heterocycles. The van der Waals surface area contributed by atoms with Crippen molar-refractivity contribution >= 4 is 10.9 Å². The molecule has 0 aliphatic carbocycles. The van der Waals surface area contributed by atoms with E-state index in [9.17, 15) is 9.90 Å². The second kappa shape index (κ2) is 7.13. The molecule has 0 amide bonds. The first kappa shape index (κ1) is 14.6. The molecule has 0 fully saturated rings. The molecule has 2 N–H and O–H groups in total. The van der Waals surface area contributed by atoms with E-state index < -0.39 is 0 Å². The van der Waals surface area contributed by atoms with Gasteiger partial charge in [-0.15, -0.1) is 0 Å². The largest absolute Gasteiger partial charge is 0.507 e. The minimum atomic E-state index is -0.158. The smallest absolute Gasteiger partial charge is 0.255 e. The number of aromatic amines is 1. The van der Waals surface area contributed by atoms with Crippen LogP contribution < -0.4 is 5.56 Å². The van der Waals surface area contributed by atoms with E-state index in [4.69, 9.17) is 0 Å². The molecule has 0 bridgehead atoms. The van der Waals surface area contributed by atoms with Crippen LogP contribution in [-0.2, 0) is 6.42 Å². The molecule has 3 heteroatoms. The molecule has 0 radical (unpaired) electrons. The Hall–Kier alpha value is -1.77. The average Bonchev–Trinajstić information content (AvgIpc) is 2.45. The van der Waals surface area contributed by atoms with Crippen molar-refractivity contribution in [2.75, 3.05) is 0 Å². The van der Waals surface area contributed by atoms with Crippen LogP contribution in [0.4, 0.5) is 0 Å². The molecule has 108 valence electrons. The summed E-state index contributed by atoms with van der Waals surface area (Å²) in [5.74, 6) is 0.151. The summed E-state index contributed by atoms with van der Waals surface area (Å²) in [4.78, 5) is 14.8. The average molecular weight is 273 g/mol. The number of H-pyrrole nitrogens is 1. The zero-order chi connectivity index (χ0) is 14.4. The Morgan fingerprint density at radius 2 is 1.75 bits per heavy atom. The van der Waals surface area contributed by atoms with Crippen LogP contribution in [-0.4, -0.2) is 10.1 Å². The van der Waals surface area contributed by atoms with E-state index in [0.29, 0.717) is 17.5 Å². The van der Waals surface area contributed by atoms with Gasteiger partial charge in [0.2, 0.25) is 0 Å². The highest BCUT2D eigenvalue weighted by Crippen LogP contribution is 2.25. The zero-order valence-corrected chi connectivity index (χ0v) is 12.1. The van der Waals surface area contributed by atoms with Gasteiger partial charge in [-0.3, -0.25) is 4.79 Å². The van der Waals surface area contributed by atoms with Crippen molar-refractivity contribution in [2.45, 2.75) is 51.9 Å². The van der Waals surface area contributed by atoms with Crippen LogP contribution in [0.1, 0.15) is 51.0 Å². The van der Waals surface area contributed by atoms with Gasteiger partial charge >= 0.3 is 0 Å². The molecular formula is C17H23NO2. The van der Waals surface area contributed by atoms with Gasteiger partial charge in [0.05, 0.1) is 11.1 Å². The zero-order valence-electron chi connectivity index (χ0n) is 12.1. The molecule has 0 unspecified atom stereocenters. The van der Waals surface area contributed by atoms with E-state index in [2.05, 4.69) is 11.9 Å². The van der Waals surface area contributed by atoms with Gasteiger partial charge in [0.1, 0.15) is 5.75 Å². The van der Waals surface area contributed by atoms with E-state index in [1.165, 1.54) is 25.7 Å². The molecule has 0 spiro atoms. The Labute approximate surface area is 119 Å². The van der Waals surface area contributed by atoms with Gasteiger partial charge in [0.15, 0.2) is 0 Å². The monoisotopic (exact) mass is 273 g/mol. The van der Waals surface area contributed by atoms with E-state index in [1.807, 2.05) is 24.3 Å². The van der Waals surface area contributed by atoms with Crippen LogP contribution in [0.15, 0.2) is 29.1 Å². The van der Waals surface area contributed by atoms with Gasteiger partial charge in [0, 0.05) is 5.39 Å². The molecule has 1 aromatic heterocycles. The first-order valence-electron chi connectivity index (χ1n) is 7.57. The van der Waals surface area contributed by atoms with Crippen molar-refractivity contribution in [3.63, 3.8) is 0 Å². The summed E-state index contributed by atoms with van der Waals surface area (Å²) in [6.07, 6.45) is 7.71. The summed E-state index contributed by atoms with van der Waals surface area (Å²) in [7, 11) is 0. The number of benzene rings is 1. The second-order valence-electron chi connectivity index (χ2n) is 5.34. The number of hydrogen-bond donors (Lipinski definition) is 2. The van der Waals surface area contributed by atoms with Crippen molar-refractivity contribution in [1.82, 2.24) is 4.98 Å². The molecular weight excluding hydrogens is 250 g/mol. The van der Waals surface area contributed by atoms with Crippen molar-refractivity contribution in [3.05, 3.63) is 40.2 Å². The van der Waals surface area contributed by atoms with E-state index >= 15 is 0 Å². The lowest BCUT2D eigenvalue weighted by Gasteiger charge is -2.07. The molecule has 20 heavy (non-hydrogen) atoms. The van der Waals surface area contributed by atoms with Gasteiger partial charge in [-0.25, -0.2) is 0 Å². The molecule has 1 aromatic carbocycles. The van der Waals surface area contributed by atoms with Gasteiger partial charge in [-0.05, 0) is 25.0 Å². The van der Waals surface area contributed by atoms with E-state index in [-0.39, 0.29) is 11.3 Å². The fourth-order valence-corrected chi connectivity index (χ4v) is 2.58. The van der Waals surface area contributed by atoms with Gasteiger partial charge in [-0.1, -0.05) is 51.2 Å². The summed E-state index contributed by atoms with van der Waals surface area (Å²) in [5.41, 5.74) is 1.07. The summed E-state index contributed by atoms with van der Waals surface area (Å²) < 4.78 is 0. The topological polar surface area (TPSA) is 53.1 Å². The van der Waals surface area contributed by atoms with Crippen LogP contribution in [0.25, 0.3) is 10.9 Å². The normalized spacial score (nSPS) is 11.1. The van der Waals surface area contributed by atoms with Gasteiger partial charge < -0.3 is 10.1 Å². The van der Waals surface area contributed by atoms with Crippen LogP contribution in [0.5, 0.6) is 5.75 Å². The lowest BCUT2D eigenvalue weighted by atomic mass is 10.0. The first-order chi connectivity index (χ1) is 9.74. The van der Waals surface area contributed by atoms with Crippen molar-refractivity contribution in [1.29, 1.82) is 0 Å². The molecule has 0 saturated carbocycles. The highest BCUT2D eigenvalue weighted by Gasteiger charge is 2.10. The Morgan fingerprint density at radius 1 is 1.05 bits per heavy atom. The van der Waals surface area contributed by atoms with Crippen LogP contribution in [0.3, 0.4) is 0 Å². The number of fused-ring (bicyclic) bond motifs is 1. The minimum absolute atomic E-state index is 0.151. The Morgan fingerprint density at radius 3 is 2.55 bits per heavy atom. The van der Waals surface area contributed by atoms with Crippen LogP contribution in [0, 0.1) is 0 Å². The SMILES string of the molecule is CCCCCCCCc1c(O)c2ccccc2[nH]c1=O. The van der Waals surface area contributed by atoms with Crippen molar-refractivity contribution in [3.8, 4) is 5.75 Å². The Bertz CT molecular complexity index is 616. The number of pyridine rings is 1. The molecule has 0 saturated heterocycles. The fraction of sp³-hybridized carbons (Fsp3) is 0.471. The predicted octanol–water partition coefficient (Wildman–Crippen LogP) is 4.14. The van der Waals surface area contributed by atoms with E-state index in [0.717, 1.165) is 18.2 Å². The number of rotatable bonds is 7. The number of nitrogens with one attached hydrogen (secondary N) is 1. The molecule has 2 rings (SSSR count). The van der Waals surface area contributed by atoms with E-state index in [1.54, 1.807) is 0 Å². The summed E-state index contributed by atoms with van der Waals surface area (Å²) in [5, 5.41) is 11.0. The highest BCUT2D eigenvalue weighted by molar-refractivity contribution is 5.85. The Balaban J connectivity index is 2.05. The third-order valence-corrected chi connectivity index (χ3v) is 3.77. The number of unbranched alkanes of at least 4 members (excludes halogenated alkanes) is 5. The molecule has 3 nitrogen and oxygen atoms in total. The summed E-state index contributed by atoms with van der Waals surface area (Å²) in [6.45, 7) is 2.20. The van der Waals surface area contributed by atoms with Gasteiger partial charge in [-0.2, -0.15) is 0 Å². The van der Waals surface area contributed by atoms with Crippen LogP contribution in [0.2, 0.25) is 0 Å². The summed E-state index contributed by atoms with van der Waals surface area (Å²) in [6, 6.07) is 7.37. The summed E-state index contributed by atoms with van der Waals surface area (Å²) >= 11 is 0. The standard InChI is InChI=1S/C17H23NO2/c1-2-3-4-5-6-7-11-14-16(19)13-10-8-9-12-15(13)18-17(14)20/h8-10,12H,2-7,11H2,1H3,(H2,18,19,20). The quantitative estimate of drug-likeness (QED) is 0.745. The van der Waals surface area contributed by atoms with Crippen molar-refractivity contribution in [2.24, 2.45) is 0 Å². The predicted molar refractivity (Wildman–Crippen MR) is 83.3 cm³/mol. The third-order valence-electron chi connectivity index (χ3n) is 3.77. The first-order valence-corrected chi connectivity index (χ1v) is 7.57. The lowest BCUT2D eigenvalue weighted by Crippen LogP contribution is -2.12. The molecule has 0 aliphatic rings. The molecule has 2 aromatic rings. The highest BCUT2D eigenvalue weighted by atomic mass is 16.3. The number of aromatic nitrogens is 1. The van der Waals surface area contributed by atoms with Crippen LogP contribution >= 0.6 is 0 Å². The number of para-hydroxylation sites is 1. The maximum absolute atomic E-state index is 12.0. The lowest BCUT2D eigenvalue weighted by molar-refractivity contribution is 0.470. The number of aromatic hydroxyl groups is 1. The third kappa shape index (κ3) is 3.41. The fourth-order valence-electron chi connectivity index (χ4n) is 2.58. The molecule has 0 atom stereocenters. The second-order valence-corrected chi connectivity index (χ2v) is 5.34. The van der Waals surface area contributed by atoms with Gasteiger partial charge in [0.25, 0.3) is 5.56 Å². The minimum Gasteiger partial charge on any atom is -0.507 e.